The molecule has 0 radical (unpaired) electrons. The Kier molecular flexibility index (Phi) is 9.21. The van der Waals surface area contributed by atoms with Crippen LogP contribution in [0.25, 0.3) is 0 Å². The van der Waals surface area contributed by atoms with Gasteiger partial charge in [0.15, 0.2) is 9.84 Å². The minimum atomic E-state index is -4.52. The molecule has 3 rings (SSSR count). The molecule has 0 saturated carbocycles. The quantitative estimate of drug-likeness (QED) is 0.277. The van der Waals surface area contributed by atoms with Gasteiger partial charge in [-0.1, -0.05) is 60.1 Å². The summed E-state index contributed by atoms with van der Waals surface area (Å²) in [6, 6.07) is 20.1. The van der Waals surface area contributed by atoms with E-state index in [2.05, 4.69) is 0 Å². The molecule has 0 saturated heterocycles. The predicted octanol–water partition coefficient (Wildman–Crippen LogP) is 6.28. The third-order valence-electron chi connectivity index (χ3n) is 5.46. The summed E-state index contributed by atoms with van der Waals surface area (Å²) in [5.41, 5.74) is 0.701. The van der Waals surface area contributed by atoms with Gasteiger partial charge in [0.1, 0.15) is 5.75 Å². The first-order valence-electron chi connectivity index (χ1n) is 11.1. The zero-order valence-corrected chi connectivity index (χ0v) is 20.8. The average Bonchev–Trinajstić information content (AvgIpc) is 2.81. The predicted molar refractivity (Wildman–Crippen MR) is 132 cm³/mol. The van der Waals surface area contributed by atoms with Crippen molar-refractivity contribution < 1.29 is 26.3 Å². The standard InChI is InChI=1S/C26H27ClF3NO3S/c1-35(32,33)23-12-6-11-22(18-23)34-17-7-15-31(16-14-20-8-3-2-4-9-20)19-21-10-5-13-24(25(21)27)26(28,29)30/h2-6,8-13,18H,7,14-17,19H2,1H3. The van der Waals surface area contributed by atoms with Crippen molar-refractivity contribution in [1.29, 1.82) is 0 Å². The first-order valence-corrected chi connectivity index (χ1v) is 13.3. The molecule has 9 heteroatoms. The Labute approximate surface area is 209 Å². The van der Waals surface area contributed by atoms with Gasteiger partial charge in [0.25, 0.3) is 0 Å². The van der Waals surface area contributed by atoms with Crippen LogP contribution in [0.2, 0.25) is 5.02 Å². The SMILES string of the molecule is CS(=O)(=O)c1cccc(OCCCN(CCc2ccccc2)Cc2cccc(C(F)(F)F)c2Cl)c1. The highest BCUT2D eigenvalue weighted by Gasteiger charge is 2.33. The van der Waals surface area contributed by atoms with Gasteiger partial charge in [0, 0.05) is 25.9 Å². The molecule has 4 nitrogen and oxygen atoms in total. The summed E-state index contributed by atoms with van der Waals surface area (Å²) in [7, 11) is -3.34. The van der Waals surface area contributed by atoms with E-state index < -0.39 is 21.6 Å². The Morgan fingerprint density at radius 2 is 1.66 bits per heavy atom. The lowest BCUT2D eigenvalue weighted by atomic mass is 10.1. The van der Waals surface area contributed by atoms with Gasteiger partial charge in [-0.25, -0.2) is 8.42 Å². The highest BCUT2D eigenvalue weighted by molar-refractivity contribution is 7.90. The van der Waals surface area contributed by atoms with Crippen LogP contribution in [0.1, 0.15) is 23.1 Å². The molecule has 188 valence electrons. The van der Waals surface area contributed by atoms with Gasteiger partial charge < -0.3 is 4.74 Å². The zero-order valence-electron chi connectivity index (χ0n) is 19.3. The number of alkyl halides is 3. The molecule has 3 aromatic rings. The lowest BCUT2D eigenvalue weighted by Crippen LogP contribution is -2.28. The normalized spacial score (nSPS) is 12.2. The van der Waals surface area contributed by atoms with Gasteiger partial charge in [0.2, 0.25) is 0 Å². The lowest BCUT2D eigenvalue weighted by molar-refractivity contribution is -0.137. The van der Waals surface area contributed by atoms with Crippen LogP contribution in [0.5, 0.6) is 5.75 Å². The summed E-state index contributed by atoms with van der Waals surface area (Å²) in [6.07, 6.45) is -2.06. The fourth-order valence-corrected chi connectivity index (χ4v) is 4.59. The molecular weight excluding hydrogens is 499 g/mol. The van der Waals surface area contributed by atoms with Crippen LogP contribution in [-0.2, 0) is 29.0 Å². The van der Waals surface area contributed by atoms with Crippen molar-refractivity contribution in [3.05, 3.63) is 94.5 Å². The summed E-state index contributed by atoms with van der Waals surface area (Å²) in [5, 5.41) is -0.279. The third kappa shape index (κ3) is 8.26. The van der Waals surface area contributed by atoms with E-state index in [4.69, 9.17) is 16.3 Å². The molecule has 0 aliphatic rings. The molecule has 0 atom stereocenters. The summed E-state index contributed by atoms with van der Waals surface area (Å²) >= 11 is 6.13. The molecule has 0 amide bonds. The van der Waals surface area contributed by atoms with Crippen molar-refractivity contribution in [2.75, 3.05) is 26.0 Å². The van der Waals surface area contributed by atoms with Gasteiger partial charge >= 0.3 is 6.18 Å². The number of ether oxygens (including phenoxy) is 1. The highest BCUT2D eigenvalue weighted by Crippen LogP contribution is 2.36. The third-order valence-corrected chi connectivity index (χ3v) is 7.02. The van der Waals surface area contributed by atoms with Crippen LogP contribution in [0.3, 0.4) is 0 Å². The number of hydrogen-bond donors (Lipinski definition) is 0. The van der Waals surface area contributed by atoms with E-state index in [0.29, 0.717) is 37.4 Å². The maximum atomic E-state index is 13.3. The largest absolute Gasteiger partial charge is 0.494 e. The molecule has 0 aliphatic carbocycles. The minimum absolute atomic E-state index is 0.179. The Bertz CT molecular complexity index is 1220. The molecule has 0 unspecified atom stereocenters. The number of hydrogen-bond acceptors (Lipinski definition) is 4. The van der Waals surface area contributed by atoms with Gasteiger partial charge in [-0.05, 0) is 48.2 Å². The van der Waals surface area contributed by atoms with Gasteiger partial charge in [-0.2, -0.15) is 13.2 Å². The number of benzene rings is 3. The molecule has 0 N–H and O–H groups in total. The topological polar surface area (TPSA) is 46.6 Å². The van der Waals surface area contributed by atoms with Gasteiger partial charge in [-0.3, -0.25) is 4.90 Å². The molecule has 0 aliphatic heterocycles. The van der Waals surface area contributed by atoms with E-state index in [1.165, 1.54) is 18.2 Å². The Morgan fingerprint density at radius 3 is 2.34 bits per heavy atom. The van der Waals surface area contributed by atoms with Crippen LogP contribution in [0, 0.1) is 0 Å². The van der Waals surface area contributed by atoms with Crippen molar-refractivity contribution in [2.24, 2.45) is 0 Å². The van der Waals surface area contributed by atoms with E-state index in [-0.39, 0.29) is 16.5 Å². The average molecular weight is 526 g/mol. The molecular formula is C26H27ClF3NO3S. The summed E-state index contributed by atoms with van der Waals surface area (Å²) in [5.74, 6) is 0.449. The Hall–Kier alpha value is -2.55. The maximum absolute atomic E-state index is 13.3. The molecule has 0 spiro atoms. The van der Waals surface area contributed by atoms with E-state index in [1.54, 1.807) is 18.2 Å². The summed E-state index contributed by atoms with van der Waals surface area (Å²) in [4.78, 5) is 2.23. The second-order valence-corrected chi connectivity index (χ2v) is 10.6. The first kappa shape index (κ1) is 27.0. The van der Waals surface area contributed by atoms with Gasteiger partial charge in [-0.15, -0.1) is 0 Å². The Morgan fingerprint density at radius 1 is 0.943 bits per heavy atom. The Balaban J connectivity index is 1.66. The number of sulfone groups is 1. The van der Waals surface area contributed by atoms with Crippen LogP contribution < -0.4 is 4.74 Å². The first-order chi connectivity index (χ1) is 16.5. The van der Waals surface area contributed by atoms with E-state index in [1.807, 2.05) is 35.2 Å². The van der Waals surface area contributed by atoms with Crippen molar-refractivity contribution in [1.82, 2.24) is 4.90 Å². The number of halogens is 4. The fourth-order valence-electron chi connectivity index (χ4n) is 3.64. The van der Waals surface area contributed by atoms with Crippen LogP contribution >= 0.6 is 11.6 Å². The van der Waals surface area contributed by atoms with Gasteiger partial charge in [0.05, 0.1) is 22.1 Å². The fraction of sp³-hybridized carbons (Fsp3) is 0.308. The molecule has 0 bridgehead atoms. The maximum Gasteiger partial charge on any atom is 0.417 e. The molecule has 0 fully saturated rings. The van der Waals surface area contributed by atoms with Crippen LogP contribution in [-0.4, -0.2) is 39.3 Å². The smallest absolute Gasteiger partial charge is 0.417 e. The van der Waals surface area contributed by atoms with Crippen LogP contribution in [0.4, 0.5) is 13.2 Å². The number of rotatable bonds is 11. The van der Waals surface area contributed by atoms with Crippen molar-refractivity contribution in [2.45, 2.75) is 30.5 Å². The van der Waals surface area contributed by atoms with Crippen molar-refractivity contribution >= 4 is 21.4 Å². The minimum Gasteiger partial charge on any atom is -0.494 e. The van der Waals surface area contributed by atoms with Crippen molar-refractivity contribution in [3.8, 4) is 5.75 Å². The number of nitrogens with zero attached hydrogens (tertiary/aromatic N) is 1. The lowest BCUT2D eigenvalue weighted by Gasteiger charge is -2.24. The van der Waals surface area contributed by atoms with E-state index in [9.17, 15) is 21.6 Å². The summed E-state index contributed by atoms with van der Waals surface area (Å²) in [6.45, 7) is 1.77. The van der Waals surface area contributed by atoms with Crippen molar-refractivity contribution in [3.63, 3.8) is 0 Å². The molecule has 0 aromatic heterocycles. The van der Waals surface area contributed by atoms with Crippen LogP contribution in [0.15, 0.2) is 77.7 Å². The molecule has 3 aromatic carbocycles. The monoisotopic (exact) mass is 525 g/mol. The highest BCUT2D eigenvalue weighted by atomic mass is 35.5. The second kappa shape index (κ2) is 11.9. The second-order valence-electron chi connectivity index (χ2n) is 8.24. The summed E-state index contributed by atoms with van der Waals surface area (Å²) < 4.78 is 69.1. The van der Waals surface area contributed by atoms with E-state index in [0.717, 1.165) is 24.3 Å². The molecule has 0 heterocycles. The van der Waals surface area contributed by atoms with E-state index >= 15 is 0 Å². The molecule has 35 heavy (non-hydrogen) atoms. The zero-order chi connectivity index (χ0) is 25.5.